The summed E-state index contributed by atoms with van der Waals surface area (Å²) in [5.74, 6) is 0. The van der Waals surface area contributed by atoms with E-state index in [9.17, 15) is 4.79 Å². The maximum Gasteiger partial charge on any atom is 0.120 e. The van der Waals surface area contributed by atoms with Crippen LogP contribution in [0.4, 0.5) is 0 Å². The molecule has 0 aromatic heterocycles. The minimum atomic E-state index is 0.253. The number of hydrogen-bond acceptors (Lipinski definition) is 1. The fraction of sp³-hybridized carbons (Fsp3) is 0.500. The molecule has 0 heterocycles. The highest BCUT2D eigenvalue weighted by atomic mass is 16.1. The molecule has 0 bridgehead atoms. The Labute approximate surface area is 92.5 Å². The molecule has 0 amide bonds. The molecule has 1 nitrogen and oxygen atoms in total. The molecule has 15 heavy (non-hydrogen) atoms. The van der Waals surface area contributed by atoms with E-state index in [4.69, 9.17) is 0 Å². The summed E-state index contributed by atoms with van der Waals surface area (Å²) in [4.78, 5) is 10.3. The number of hydrogen-bond donors (Lipinski definition) is 0. The van der Waals surface area contributed by atoms with Gasteiger partial charge in [0.15, 0.2) is 0 Å². The first kappa shape index (κ1) is 12.0. The summed E-state index contributed by atoms with van der Waals surface area (Å²) in [6.45, 7) is 6.72. The van der Waals surface area contributed by atoms with Crippen molar-refractivity contribution in [2.75, 3.05) is 0 Å². The Kier molecular flexibility index (Phi) is 4.07. The van der Waals surface area contributed by atoms with Crippen LogP contribution in [-0.2, 0) is 16.6 Å². The van der Waals surface area contributed by atoms with Crippen LogP contribution in [0.25, 0.3) is 0 Å². The fourth-order valence-electron chi connectivity index (χ4n) is 1.55. The van der Waals surface area contributed by atoms with Gasteiger partial charge in [-0.3, -0.25) is 0 Å². The van der Waals surface area contributed by atoms with Crippen molar-refractivity contribution < 1.29 is 4.79 Å². The molecule has 0 atom stereocenters. The summed E-state index contributed by atoms with van der Waals surface area (Å²) in [5, 5.41) is 0. The summed E-state index contributed by atoms with van der Waals surface area (Å²) >= 11 is 0. The minimum absolute atomic E-state index is 0.253. The van der Waals surface area contributed by atoms with Crippen molar-refractivity contribution in [1.82, 2.24) is 0 Å². The summed E-state index contributed by atoms with van der Waals surface area (Å²) < 4.78 is 0. The van der Waals surface area contributed by atoms with Gasteiger partial charge in [0.1, 0.15) is 6.29 Å². The highest BCUT2D eigenvalue weighted by Gasteiger charge is 2.17. The van der Waals surface area contributed by atoms with Crippen molar-refractivity contribution in [2.45, 2.75) is 45.4 Å². The number of rotatable bonds is 5. The predicted octanol–water partition coefficient (Wildman–Crippen LogP) is 3.51. The Morgan fingerprint density at radius 1 is 1.20 bits per heavy atom. The molecule has 0 saturated carbocycles. The molecular weight excluding hydrogens is 184 g/mol. The lowest BCUT2D eigenvalue weighted by molar-refractivity contribution is -0.107. The smallest absolute Gasteiger partial charge is 0.120 e. The lowest BCUT2D eigenvalue weighted by Crippen LogP contribution is -2.15. The van der Waals surface area contributed by atoms with E-state index in [1.165, 1.54) is 11.1 Å². The first-order chi connectivity index (χ1) is 7.10. The third-order valence-electron chi connectivity index (χ3n) is 3.17. The van der Waals surface area contributed by atoms with Crippen LogP contribution in [0, 0.1) is 0 Å². The molecule has 1 heteroatoms. The van der Waals surface area contributed by atoms with Crippen LogP contribution >= 0.6 is 0 Å². The van der Waals surface area contributed by atoms with Crippen molar-refractivity contribution in [1.29, 1.82) is 0 Å². The monoisotopic (exact) mass is 204 g/mol. The van der Waals surface area contributed by atoms with E-state index in [0.29, 0.717) is 6.42 Å². The average molecular weight is 204 g/mol. The molecule has 0 fully saturated rings. The molecule has 1 rings (SSSR count). The second kappa shape index (κ2) is 5.11. The second-order valence-corrected chi connectivity index (χ2v) is 4.64. The van der Waals surface area contributed by atoms with E-state index in [0.717, 1.165) is 19.1 Å². The molecule has 1 aromatic rings. The van der Waals surface area contributed by atoms with Crippen molar-refractivity contribution in [3.63, 3.8) is 0 Å². The Morgan fingerprint density at radius 2 is 1.80 bits per heavy atom. The lowest BCUT2D eigenvalue weighted by Gasteiger charge is -2.23. The summed E-state index contributed by atoms with van der Waals surface area (Å²) in [7, 11) is 0. The van der Waals surface area contributed by atoms with Gasteiger partial charge in [-0.15, -0.1) is 0 Å². The minimum Gasteiger partial charge on any atom is -0.303 e. The zero-order valence-corrected chi connectivity index (χ0v) is 9.92. The van der Waals surface area contributed by atoms with Gasteiger partial charge in [0, 0.05) is 6.42 Å². The Balaban J connectivity index is 2.76. The first-order valence-electron chi connectivity index (χ1n) is 5.63. The van der Waals surface area contributed by atoms with E-state index >= 15 is 0 Å². The summed E-state index contributed by atoms with van der Waals surface area (Å²) in [6.07, 6.45) is 3.59. The largest absolute Gasteiger partial charge is 0.303 e. The van der Waals surface area contributed by atoms with E-state index < -0.39 is 0 Å². The quantitative estimate of drug-likeness (QED) is 0.671. The summed E-state index contributed by atoms with van der Waals surface area (Å²) in [6, 6.07) is 8.64. The maximum atomic E-state index is 10.3. The third-order valence-corrected chi connectivity index (χ3v) is 3.17. The Morgan fingerprint density at radius 3 is 2.27 bits per heavy atom. The number of aldehydes is 1. The lowest BCUT2D eigenvalue weighted by atomic mass is 9.82. The average Bonchev–Trinajstić information content (AvgIpc) is 2.27. The van der Waals surface area contributed by atoms with Crippen LogP contribution in [-0.4, -0.2) is 6.29 Å². The number of carbonyl (C=O) groups excluding carboxylic acids is 1. The number of carbonyl (C=O) groups is 1. The van der Waals surface area contributed by atoms with Crippen LogP contribution in [0.1, 0.15) is 44.7 Å². The first-order valence-corrected chi connectivity index (χ1v) is 5.63. The molecule has 0 spiro atoms. The van der Waals surface area contributed by atoms with Gasteiger partial charge in [0.25, 0.3) is 0 Å². The SMILES string of the molecule is CCC(C)(C)c1ccc(CCC=O)cc1. The maximum absolute atomic E-state index is 10.3. The third kappa shape index (κ3) is 3.19. The van der Waals surface area contributed by atoms with Crippen LogP contribution in [0.3, 0.4) is 0 Å². The Bertz CT molecular complexity index is 309. The van der Waals surface area contributed by atoms with Crippen LogP contribution in [0.2, 0.25) is 0 Å². The molecule has 0 unspecified atom stereocenters. The van der Waals surface area contributed by atoms with Crippen LogP contribution < -0.4 is 0 Å². The molecule has 0 N–H and O–H groups in total. The molecule has 0 aliphatic rings. The summed E-state index contributed by atoms with van der Waals surface area (Å²) in [5.41, 5.74) is 2.88. The van der Waals surface area contributed by atoms with Crippen molar-refractivity contribution >= 4 is 6.29 Å². The molecule has 0 radical (unpaired) electrons. The highest BCUT2D eigenvalue weighted by Crippen LogP contribution is 2.26. The van der Waals surface area contributed by atoms with E-state index in [1.54, 1.807) is 0 Å². The fourth-order valence-corrected chi connectivity index (χ4v) is 1.55. The highest BCUT2D eigenvalue weighted by molar-refractivity contribution is 5.50. The van der Waals surface area contributed by atoms with Gasteiger partial charge in [-0.1, -0.05) is 45.0 Å². The molecule has 82 valence electrons. The van der Waals surface area contributed by atoms with Gasteiger partial charge in [-0.2, -0.15) is 0 Å². The van der Waals surface area contributed by atoms with Crippen molar-refractivity contribution in [2.24, 2.45) is 0 Å². The topological polar surface area (TPSA) is 17.1 Å². The van der Waals surface area contributed by atoms with Crippen LogP contribution in [0.15, 0.2) is 24.3 Å². The van der Waals surface area contributed by atoms with Gasteiger partial charge < -0.3 is 4.79 Å². The van der Waals surface area contributed by atoms with Gasteiger partial charge in [0.05, 0.1) is 0 Å². The predicted molar refractivity (Wildman–Crippen MR) is 64.1 cm³/mol. The van der Waals surface area contributed by atoms with Gasteiger partial charge in [0.2, 0.25) is 0 Å². The molecular formula is C14H20O. The van der Waals surface area contributed by atoms with Crippen LogP contribution in [0.5, 0.6) is 0 Å². The number of aryl methyl sites for hydroxylation is 1. The van der Waals surface area contributed by atoms with Gasteiger partial charge in [-0.25, -0.2) is 0 Å². The van der Waals surface area contributed by atoms with Gasteiger partial charge >= 0.3 is 0 Å². The van der Waals surface area contributed by atoms with Crippen molar-refractivity contribution in [3.05, 3.63) is 35.4 Å². The second-order valence-electron chi connectivity index (χ2n) is 4.64. The molecule has 0 saturated heterocycles. The zero-order valence-electron chi connectivity index (χ0n) is 9.92. The van der Waals surface area contributed by atoms with E-state index in [1.807, 2.05) is 0 Å². The molecule has 0 aliphatic carbocycles. The zero-order chi connectivity index (χ0) is 11.3. The normalized spacial score (nSPS) is 11.4. The van der Waals surface area contributed by atoms with E-state index in [-0.39, 0.29) is 5.41 Å². The van der Waals surface area contributed by atoms with E-state index in [2.05, 4.69) is 45.0 Å². The molecule has 1 aromatic carbocycles. The van der Waals surface area contributed by atoms with Crippen molar-refractivity contribution in [3.8, 4) is 0 Å². The molecule has 0 aliphatic heterocycles. The Hall–Kier alpha value is -1.11. The van der Waals surface area contributed by atoms with Gasteiger partial charge in [-0.05, 0) is 29.4 Å². The standard InChI is InChI=1S/C14H20O/c1-4-14(2,3)13-9-7-12(8-10-13)6-5-11-15/h7-11H,4-6H2,1-3H3. The number of benzene rings is 1.